The first-order valence-electron chi connectivity index (χ1n) is 6.39. The van der Waals surface area contributed by atoms with Gasteiger partial charge < -0.3 is 9.47 Å². The van der Waals surface area contributed by atoms with Gasteiger partial charge in [-0.25, -0.2) is 9.78 Å². The number of hydrogen-bond acceptors (Lipinski definition) is 5. The topological polar surface area (TPSA) is 48.4 Å². The van der Waals surface area contributed by atoms with Crippen LogP contribution in [0.5, 0.6) is 0 Å². The Hall–Kier alpha value is -1.72. The highest BCUT2D eigenvalue weighted by atomic mass is 32.1. The Bertz CT molecular complexity index is 580. The Kier molecular flexibility index (Phi) is 4.87. The third kappa shape index (κ3) is 3.05. The quantitative estimate of drug-likeness (QED) is 0.793. The molecule has 0 saturated carbocycles. The fraction of sp³-hybridized carbons (Fsp3) is 0.333. The van der Waals surface area contributed by atoms with Gasteiger partial charge in [0.25, 0.3) is 0 Å². The van der Waals surface area contributed by atoms with E-state index >= 15 is 0 Å². The van der Waals surface area contributed by atoms with E-state index in [1.165, 1.54) is 18.4 Å². The molecule has 0 radical (unpaired) electrons. The monoisotopic (exact) mass is 291 g/mol. The number of esters is 1. The predicted octanol–water partition coefficient (Wildman–Crippen LogP) is 3.36. The van der Waals surface area contributed by atoms with Crippen molar-refractivity contribution in [3.8, 4) is 0 Å². The third-order valence-corrected chi connectivity index (χ3v) is 3.87. The number of carbonyl (C=O) groups excluding carboxylic acids is 1. The maximum absolute atomic E-state index is 11.6. The van der Waals surface area contributed by atoms with Gasteiger partial charge in [-0.2, -0.15) is 0 Å². The number of rotatable bonds is 5. The number of aryl methyl sites for hydroxylation is 1. The molecule has 1 aromatic carbocycles. The fourth-order valence-corrected chi connectivity index (χ4v) is 2.91. The van der Waals surface area contributed by atoms with E-state index < -0.39 is 5.97 Å². The Balaban J connectivity index is 2.38. The zero-order chi connectivity index (χ0) is 14.5. The minimum Gasteiger partial charge on any atom is -0.464 e. The summed E-state index contributed by atoms with van der Waals surface area (Å²) in [6, 6.07) is 9.87. The average Bonchev–Trinajstić information content (AvgIpc) is 2.86. The van der Waals surface area contributed by atoms with Crippen LogP contribution in [0.25, 0.3) is 0 Å². The lowest BCUT2D eigenvalue weighted by Gasteiger charge is -2.14. The third-order valence-electron chi connectivity index (χ3n) is 2.85. The molecule has 0 spiro atoms. The van der Waals surface area contributed by atoms with Crippen LogP contribution >= 0.6 is 11.3 Å². The molecule has 0 aliphatic rings. The largest absolute Gasteiger partial charge is 0.464 e. The molecule has 0 amide bonds. The van der Waals surface area contributed by atoms with Crippen molar-refractivity contribution in [3.05, 3.63) is 51.5 Å². The highest BCUT2D eigenvalue weighted by molar-refractivity contribution is 7.12. The van der Waals surface area contributed by atoms with Crippen molar-refractivity contribution in [3.63, 3.8) is 0 Å². The number of thiazole rings is 1. The van der Waals surface area contributed by atoms with Crippen LogP contribution in [-0.2, 0) is 9.47 Å². The maximum Gasteiger partial charge on any atom is 0.357 e. The van der Waals surface area contributed by atoms with Crippen LogP contribution in [0.15, 0.2) is 30.3 Å². The summed E-state index contributed by atoms with van der Waals surface area (Å²) in [5.74, 6) is -0.409. The van der Waals surface area contributed by atoms with Gasteiger partial charge in [-0.1, -0.05) is 30.3 Å². The highest BCUT2D eigenvalue weighted by Gasteiger charge is 2.23. The summed E-state index contributed by atoms with van der Waals surface area (Å²) in [6.07, 6.45) is -0.247. The average molecular weight is 291 g/mol. The fourth-order valence-electron chi connectivity index (χ4n) is 1.92. The van der Waals surface area contributed by atoms with E-state index in [9.17, 15) is 4.79 Å². The molecular weight excluding hydrogens is 274 g/mol. The summed E-state index contributed by atoms with van der Waals surface area (Å²) in [6.45, 7) is 4.38. The van der Waals surface area contributed by atoms with Crippen LogP contribution < -0.4 is 0 Å². The highest BCUT2D eigenvalue weighted by Crippen LogP contribution is 2.31. The predicted molar refractivity (Wildman–Crippen MR) is 78.1 cm³/mol. The minimum atomic E-state index is -0.409. The van der Waals surface area contributed by atoms with Crippen LogP contribution in [0.1, 0.15) is 39.0 Å². The molecule has 0 bridgehead atoms. The first kappa shape index (κ1) is 14.7. The molecule has 0 saturated heterocycles. The van der Waals surface area contributed by atoms with Gasteiger partial charge in [0.05, 0.1) is 7.11 Å². The number of methoxy groups -OCH3 is 1. The van der Waals surface area contributed by atoms with Crippen LogP contribution in [0.3, 0.4) is 0 Å². The molecule has 0 aliphatic heterocycles. The number of ether oxygens (including phenoxy) is 2. The summed E-state index contributed by atoms with van der Waals surface area (Å²) in [4.78, 5) is 16.9. The number of benzene rings is 1. The summed E-state index contributed by atoms with van der Waals surface area (Å²) < 4.78 is 10.5. The standard InChI is InChI=1S/C15H17NO3S/c1-4-19-13(11-8-6-5-7-9-11)14-16-12(10(2)20-14)15(17)18-3/h5-9,13H,4H2,1-3H3. The van der Waals surface area contributed by atoms with Crippen molar-refractivity contribution in [1.82, 2.24) is 4.98 Å². The van der Waals surface area contributed by atoms with Gasteiger partial charge in [0, 0.05) is 11.5 Å². The molecule has 1 heterocycles. The van der Waals surface area contributed by atoms with E-state index in [1.807, 2.05) is 44.2 Å². The molecule has 0 N–H and O–H groups in total. The molecule has 2 rings (SSSR count). The molecule has 20 heavy (non-hydrogen) atoms. The number of nitrogens with zero attached hydrogens (tertiary/aromatic N) is 1. The van der Waals surface area contributed by atoms with Crippen molar-refractivity contribution in [1.29, 1.82) is 0 Å². The smallest absolute Gasteiger partial charge is 0.357 e. The number of aromatic nitrogens is 1. The second kappa shape index (κ2) is 6.63. The number of carbonyl (C=O) groups is 1. The number of hydrogen-bond donors (Lipinski definition) is 0. The van der Waals surface area contributed by atoms with Gasteiger partial charge in [0.2, 0.25) is 0 Å². The molecule has 1 atom stereocenters. The summed E-state index contributed by atoms with van der Waals surface area (Å²) in [5.41, 5.74) is 1.40. The first-order valence-corrected chi connectivity index (χ1v) is 7.21. The van der Waals surface area contributed by atoms with E-state index in [1.54, 1.807) is 0 Å². The van der Waals surface area contributed by atoms with Gasteiger partial charge in [-0.3, -0.25) is 0 Å². The molecule has 1 aromatic heterocycles. The van der Waals surface area contributed by atoms with Crippen molar-refractivity contribution < 1.29 is 14.3 Å². The van der Waals surface area contributed by atoms with Crippen LogP contribution in [0, 0.1) is 6.92 Å². The Morgan fingerprint density at radius 3 is 2.65 bits per heavy atom. The van der Waals surface area contributed by atoms with Crippen molar-refractivity contribution in [2.45, 2.75) is 20.0 Å². The molecule has 0 fully saturated rings. The molecule has 2 aromatic rings. The van der Waals surface area contributed by atoms with Crippen molar-refractivity contribution in [2.75, 3.05) is 13.7 Å². The zero-order valence-corrected chi connectivity index (χ0v) is 12.6. The molecule has 106 valence electrons. The normalized spacial score (nSPS) is 12.2. The zero-order valence-electron chi connectivity index (χ0n) is 11.8. The summed E-state index contributed by atoms with van der Waals surface area (Å²) in [7, 11) is 1.36. The Morgan fingerprint density at radius 2 is 2.05 bits per heavy atom. The second-order valence-corrected chi connectivity index (χ2v) is 5.43. The SMILES string of the molecule is CCOC(c1ccccc1)c1nc(C(=O)OC)c(C)s1. The minimum absolute atomic E-state index is 0.247. The lowest BCUT2D eigenvalue weighted by Crippen LogP contribution is -2.08. The van der Waals surface area contributed by atoms with E-state index in [4.69, 9.17) is 9.47 Å². The lowest BCUT2D eigenvalue weighted by atomic mass is 10.1. The van der Waals surface area contributed by atoms with Crippen molar-refractivity contribution >= 4 is 17.3 Å². The Labute approximate surface area is 122 Å². The van der Waals surface area contributed by atoms with Crippen LogP contribution in [0.2, 0.25) is 0 Å². The summed E-state index contributed by atoms with van der Waals surface area (Å²) in [5, 5.41) is 0.774. The maximum atomic E-state index is 11.6. The Morgan fingerprint density at radius 1 is 1.35 bits per heavy atom. The molecule has 1 unspecified atom stereocenters. The summed E-state index contributed by atoms with van der Waals surface area (Å²) >= 11 is 1.46. The first-order chi connectivity index (χ1) is 9.67. The van der Waals surface area contributed by atoms with E-state index in [-0.39, 0.29) is 6.10 Å². The molecular formula is C15H17NO3S. The lowest BCUT2D eigenvalue weighted by molar-refractivity contribution is 0.0592. The van der Waals surface area contributed by atoms with Crippen molar-refractivity contribution in [2.24, 2.45) is 0 Å². The molecule has 4 nitrogen and oxygen atoms in total. The molecule has 0 aliphatic carbocycles. The second-order valence-electron chi connectivity index (χ2n) is 4.19. The van der Waals surface area contributed by atoms with Gasteiger partial charge in [0.15, 0.2) is 5.69 Å². The van der Waals surface area contributed by atoms with Gasteiger partial charge in [-0.15, -0.1) is 11.3 Å². The van der Waals surface area contributed by atoms with Gasteiger partial charge >= 0.3 is 5.97 Å². The van der Waals surface area contributed by atoms with Crippen LogP contribution in [0.4, 0.5) is 0 Å². The van der Waals surface area contributed by atoms with Gasteiger partial charge in [-0.05, 0) is 19.4 Å². The van der Waals surface area contributed by atoms with Crippen LogP contribution in [-0.4, -0.2) is 24.7 Å². The van der Waals surface area contributed by atoms with E-state index in [0.717, 1.165) is 15.4 Å². The van der Waals surface area contributed by atoms with E-state index in [2.05, 4.69) is 4.98 Å². The molecule has 5 heteroatoms. The van der Waals surface area contributed by atoms with Gasteiger partial charge in [0.1, 0.15) is 11.1 Å². The van der Waals surface area contributed by atoms with E-state index in [0.29, 0.717) is 12.3 Å².